The molecule has 0 aliphatic heterocycles. The molecular weight excluding hydrogens is 482 g/mol. The van der Waals surface area contributed by atoms with Crippen molar-refractivity contribution in [1.82, 2.24) is 14.5 Å². The lowest BCUT2D eigenvalue weighted by atomic mass is 9.93. The third-order valence-electron chi connectivity index (χ3n) is 7.18. The molecule has 0 spiro atoms. The molecule has 0 radical (unpaired) electrons. The Balaban J connectivity index is 1.56. The number of benzene rings is 3. The maximum atomic E-state index is 11.5. The summed E-state index contributed by atoms with van der Waals surface area (Å²) in [4.78, 5) is 9.45. The maximum absolute atomic E-state index is 11.5. The second-order valence-electron chi connectivity index (χ2n) is 10.5. The largest absolute Gasteiger partial charge is 0.505 e. The molecule has 0 aliphatic carbocycles. The van der Waals surface area contributed by atoms with Crippen molar-refractivity contribution >= 4 is 21.9 Å². The minimum absolute atomic E-state index is 0.181. The lowest BCUT2D eigenvalue weighted by Gasteiger charge is -2.19. The summed E-state index contributed by atoms with van der Waals surface area (Å²) in [6, 6.07) is 30.2. The Morgan fingerprint density at radius 2 is 1.59 bits per heavy atom. The van der Waals surface area contributed by atoms with Crippen LogP contribution in [0.15, 0.2) is 97.2 Å². The first-order valence-corrected chi connectivity index (χ1v) is 13.4. The number of nitrogens with zero attached hydrogens (tertiary/aromatic N) is 3. The van der Waals surface area contributed by atoms with Crippen LogP contribution in [0.4, 0.5) is 0 Å². The molecule has 5 nitrogen and oxygen atoms in total. The quantitative estimate of drug-likeness (QED) is 0.241. The summed E-state index contributed by atoms with van der Waals surface area (Å²) in [6.45, 7) is 8.60. The van der Waals surface area contributed by atoms with Gasteiger partial charge in [-0.25, -0.2) is 9.97 Å². The standard InChI is InChI=1S/C34H31N3O2/c1-21(2)24-19-28(22(3)4)33(38)31(20-24)37-30-13-6-5-12-26(30)27-15-16-29(36-34(27)37)23-10-9-11-25(18-23)39-32-14-7-8-17-35-32/h5-22,38H,1-4H3. The van der Waals surface area contributed by atoms with Gasteiger partial charge in [-0.3, -0.25) is 4.57 Å². The van der Waals surface area contributed by atoms with Gasteiger partial charge in [0.2, 0.25) is 5.88 Å². The van der Waals surface area contributed by atoms with E-state index < -0.39 is 0 Å². The summed E-state index contributed by atoms with van der Waals surface area (Å²) in [5.41, 5.74) is 6.45. The number of para-hydroxylation sites is 1. The van der Waals surface area contributed by atoms with Crippen molar-refractivity contribution in [3.63, 3.8) is 0 Å². The highest BCUT2D eigenvalue weighted by Gasteiger charge is 2.21. The van der Waals surface area contributed by atoms with E-state index in [1.54, 1.807) is 6.20 Å². The Labute approximate surface area is 228 Å². The van der Waals surface area contributed by atoms with E-state index in [1.165, 1.54) is 5.56 Å². The first-order valence-electron chi connectivity index (χ1n) is 13.4. The number of aromatic nitrogens is 3. The van der Waals surface area contributed by atoms with Gasteiger partial charge < -0.3 is 9.84 Å². The number of aromatic hydroxyl groups is 1. The summed E-state index contributed by atoms with van der Waals surface area (Å²) in [6.07, 6.45) is 1.71. The van der Waals surface area contributed by atoms with Crippen LogP contribution in [0, 0.1) is 0 Å². The lowest BCUT2D eigenvalue weighted by molar-refractivity contribution is 0.462. The van der Waals surface area contributed by atoms with Crippen molar-refractivity contribution in [3.05, 3.63) is 108 Å². The number of phenols is 1. The van der Waals surface area contributed by atoms with Gasteiger partial charge in [0, 0.05) is 28.6 Å². The van der Waals surface area contributed by atoms with E-state index in [9.17, 15) is 5.11 Å². The molecule has 6 rings (SSSR count). The second-order valence-corrected chi connectivity index (χ2v) is 10.5. The molecule has 6 aromatic rings. The highest BCUT2D eigenvalue weighted by atomic mass is 16.5. The molecule has 5 heteroatoms. The molecule has 0 amide bonds. The highest BCUT2D eigenvalue weighted by molar-refractivity contribution is 6.08. The van der Waals surface area contributed by atoms with Crippen LogP contribution in [0.2, 0.25) is 0 Å². The summed E-state index contributed by atoms with van der Waals surface area (Å²) in [7, 11) is 0. The molecule has 0 aliphatic rings. The number of ether oxygens (including phenoxy) is 1. The van der Waals surface area contributed by atoms with E-state index in [4.69, 9.17) is 9.72 Å². The van der Waals surface area contributed by atoms with Crippen LogP contribution < -0.4 is 4.74 Å². The van der Waals surface area contributed by atoms with E-state index in [0.717, 1.165) is 44.4 Å². The van der Waals surface area contributed by atoms with Crippen LogP contribution in [-0.2, 0) is 0 Å². The fourth-order valence-corrected chi connectivity index (χ4v) is 5.10. The molecule has 194 valence electrons. The van der Waals surface area contributed by atoms with E-state index in [2.05, 4.69) is 67.6 Å². The zero-order valence-electron chi connectivity index (χ0n) is 22.6. The number of hydrogen-bond donors (Lipinski definition) is 1. The SMILES string of the molecule is CC(C)c1cc(C(C)C)c(O)c(-n2c3ccccc3c3ccc(-c4cccc(Oc5ccccn5)c4)nc32)c1. The number of fused-ring (bicyclic) bond motifs is 3. The predicted octanol–water partition coefficient (Wildman–Crippen LogP) is 8.99. The number of rotatable bonds is 6. The minimum Gasteiger partial charge on any atom is -0.505 e. The Morgan fingerprint density at radius 1 is 0.769 bits per heavy atom. The lowest BCUT2D eigenvalue weighted by Crippen LogP contribution is -2.03. The van der Waals surface area contributed by atoms with E-state index in [1.807, 2.05) is 60.7 Å². The van der Waals surface area contributed by atoms with Crippen molar-refractivity contribution in [3.8, 4) is 34.3 Å². The van der Waals surface area contributed by atoms with Gasteiger partial charge in [0.25, 0.3) is 0 Å². The molecule has 0 unspecified atom stereocenters. The van der Waals surface area contributed by atoms with Crippen molar-refractivity contribution in [2.24, 2.45) is 0 Å². The van der Waals surface area contributed by atoms with Gasteiger partial charge in [-0.1, -0.05) is 70.2 Å². The van der Waals surface area contributed by atoms with Gasteiger partial charge in [0.1, 0.15) is 17.1 Å². The first-order chi connectivity index (χ1) is 18.9. The van der Waals surface area contributed by atoms with E-state index in [0.29, 0.717) is 23.3 Å². The molecular formula is C34H31N3O2. The molecule has 0 saturated carbocycles. The Kier molecular flexibility index (Phi) is 6.27. The molecule has 3 heterocycles. The van der Waals surface area contributed by atoms with Crippen LogP contribution in [0.3, 0.4) is 0 Å². The molecule has 0 bridgehead atoms. The van der Waals surface area contributed by atoms with Crippen molar-refractivity contribution in [2.75, 3.05) is 0 Å². The van der Waals surface area contributed by atoms with E-state index in [-0.39, 0.29) is 5.92 Å². The predicted molar refractivity (Wildman–Crippen MR) is 158 cm³/mol. The molecule has 3 aromatic carbocycles. The van der Waals surface area contributed by atoms with Crippen LogP contribution in [-0.4, -0.2) is 19.6 Å². The molecule has 3 aromatic heterocycles. The third-order valence-corrected chi connectivity index (χ3v) is 7.18. The molecule has 0 atom stereocenters. The zero-order valence-corrected chi connectivity index (χ0v) is 22.6. The van der Waals surface area contributed by atoms with Crippen molar-refractivity contribution in [1.29, 1.82) is 0 Å². The Hall–Kier alpha value is -4.64. The third kappa shape index (κ3) is 4.50. The van der Waals surface area contributed by atoms with Crippen LogP contribution in [0.1, 0.15) is 50.7 Å². The van der Waals surface area contributed by atoms with Gasteiger partial charge in [-0.05, 0) is 65.4 Å². The van der Waals surface area contributed by atoms with E-state index >= 15 is 0 Å². The van der Waals surface area contributed by atoms with Crippen LogP contribution in [0.25, 0.3) is 38.9 Å². The minimum atomic E-state index is 0.181. The van der Waals surface area contributed by atoms with Crippen LogP contribution >= 0.6 is 0 Å². The smallest absolute Gasteiger partial charge is 0.219 e. The summed E-state index contributed by atoms with van der Waals surface area (Å²) in [5.74, 6) is 2.04. The fourth-order valence-electron chi connectivity index (χ4n) is 5.10. The summed E-state index contributed by atoms with van der Waals surface area (Å²) in [5, 5.41) is 13.7. The monoisotopic (exact) mass is 513 g/mol. The second kappa shape index (κ2) is 9.91. The molecule has 0 saturated heterocycles. The number of phenolic OH excluding ortho intramolecular Hbond substituents is 1. The van der Waals surface area contributed by atoms with Gasteiger partial charge in [-0.15, -0.1) is 0 Å². The molecule has 39 heavy (non-hydrogen) atoms. The maximum Gasteiger partial charge on any atom is 0.219 e. The van der Waals surface area contributed by atoms with Gasteiger partial charge in [0.05, 0.1) is 16.9 Å². The Bertz CT molecular complexity index is 1800. The fraction of sp³-hybridized carbons (Fsp3) is 0.176. The molecule has 1 N–H and O–H groups in total. The van der Waals surface area contributed by atoms with Gasteiger partial charge in [-0.2, -0.15) is 0 Å². The Morgan fingerprint density at radius 3 is 2.36 bits per heavy atom. The molecule has 0 fully saturated rings. The van der Waals surface area contributed by atoms with Crippen molar-refractivity contribution < 1.29 is 9.84 Å². The van der Waals surface area contributed by atoms with Crippen LogP contribution in [0.5, 0.6) is 17.4 Å². The number of pyridine rings is 2. The normalized spacial score (nSPS) is 11.6. The topological polar surface area (TPSA) is 60.2 Å². The number of hydrogen-bond acceptors (Lipinski definition) is 4. The average Bonchev–Trinajstić information content (AvgIpc) is 3.27. The zero-order chi connectivity index (χ0) is 27.1. The summed E-state index contributed by atoms with van der Waals surface area (Å²) >= 11 is 0. The highest BCUT2D eigenvalue weighted by Crippen LogP contribution is 2.40. The van der Waals surface area contributed by atoms with Gasteiger partial charge in [0.15, 0.2) is 0 Å². The average molecular weight is 514 g/mol. The van der Waals surface area contributed by atoms with Gasteiger partial charge >= 0.3 is 0 Å². The first kappa shape index (κ1) is 24.7. The van der Waals surface area contributed by atoms with Crippen molar-refractivity contribution in [2.45, 2.75) is 39.5 Å². The summed E-state index contributed by atoms with van der Waals surface area (Å²) < 4.78 is 8.09.